The van der Waals surface area contributed by atoms with Crippen LogP contribution in [0.4, 0.5) is 5.69 Å². The number of piperidine rings is 1. The van der Waals surface area contributed by atoms with Gasteiger partial charge in [0.15, 0.2) is 6.10 Å². The van der Waals surface area contributed by atoms with E-state index in [-0.39, 0.29) is 18.4 Å². The first kappa shape index (κ1) is 19.3. The third-order valence-corrected chi connectivity index (χ3v) is 5.70. The largest absolute Gasteiger partial charge is 0.476 e. The van der Waals surface area contributed by atoms with E-state index in [1.807, 2.05) is 23.1 Å². The van der Waals surface area contributed by atoms with Crippen LogP contribution in [0.3, 0.4) is 0 Å². The van der Waals surface area contributed by atoms with Crippen molar-refractivity contribution in [2.24, 2.45) is 0 Å². The molecular weight excluding hydrogens is 396 g/mol. The van der Waals surface area contributed by atoms with E-state index in [0.717, 1.165) is 37.9 Å². The fraction of sp³-hybridized carbons (Fsp3) is 0.304. The number of aromatic nitrogens is 2. The summed E-state index contributed by atoms with van der Waals surface area (Å²) >= 11 is 0. The number of fused-ring (bicyclic) bond motifs is 1. The van der Waals surface area contributed by atoms with Gasteiger partial charge in [-0.05, 0) is 55.7 Å². The van der Waals surface area contributed by atoms with Crippen LogP contribution >= 0.6 is 0 Å². The number of anilines is 1. The highest BCUT2D eigenvalue weighted by Gasteiger charge is 2.36. The highest BCUT2D eigenvalue weighted by molar-refractivity contribution is 6.08. The van der Waals surface area contributed by atoms with Crippen molar-refractivity contribution in [2.75, 3.05) is 24.5 Å². The third-order valence-electron chi connectivity index (χ3n) is 5.70. The molecule has 5 rings (SSSR count). The molecule has 8 nitrogen and oxygen atoms in total. The lowest BCUT2D eigenvalue weighted by Gasteiger charge is -2.37. The van der Waals surface area contributed by atoms with Gasteiger partial charge in [-0.25, -0.2) is 0 Å². The maximum Gasteiger partial charge on any atom is 0.265 e. The summed E-state index contributed by atoms with van der Waals surface area (Å²) in [5, 5.41) is 7.56. The summed E-state index contributed by atoms with van der Waals surface area (Å²) in [4.78, 5) is 30.0. The number of carbonyl (C=O) groups excluding carboxylic acids is 2. The number of likely N-dealkylation sites (tertiary alicyclic amines) is 1. The fourth-order valence-electron chi connectivity index (χ4n) is 4.08. The summed E-state index contributed by atoms with van der Waals surface area (Å²) in [7, 11) is 0. The molecular formula is C23H22N4O4. The molecule has 0 unspecified atom stereocenters. The second-order valence-electron chi connectivity index (χ2n) is 7.70. The highest BCUT2D eigenvalue weighted by Crippen LogP contribution is 2.35. The SMILES string of the molecule is O=C([C@@H]1CN(C(=O)c2ccc(-c3nnco3)cc2)c2ccccc2O1)N1CCCCC1. The Labute approximate surface area is 179 Å². The normalized spacial score (nSPS) is 18.3. The van der Waals surface area contributed by atoms with Crippen LogP contribution in [-0.2, 0) is 4.79 Å². The molecule has 0 N–H and O–H groups in total. The standard InChI is InChI=1S/C23H22N4O4/c28-22(17-10-8-16(9-11-17)21-25-24-15-30-21)27-14-20(23(29)26-12-4-1-5-13-26)31-19-7-3-2-6-18(19)27/h2-3,6-11,15,20H,1,4-5,12-14H2/t20-/m0/s1. The summed E-state index contributed by atoms with van der Waals surface area (Å²) in [5.74, 6) is 0.686. The van der Waals surface area contributed by atoms with Crippen molar-refractivity contribution in [3.05, 3.63) is 60.5 Å². The first-order valence-corrected chi connectivity index (χ1v) is 10.4. The van der Waals surface area contributed by atoms with E-state index in [4.69, 9.17) is 9.15 Å². The van der Waals surface area contributed by atoms with Gasteiger partial charge in [-0.1, -0.05) is 12.1 Å². The Morgan fingerprint density at radius 3 is 2.48 bits per heavy atom. The van der Waals surface area contributed by atoms with Crippen LogP contribution < -0.4 is 9.64 Å². The van der Waals surface area contributed by atoms with Crippen molar-refractivity contribution < 1.29 is 18.7 Å². The van der Waals surface area contributed by atoms with Crippen LogP contribution in [0.5, 0.6) is 5.75 Å². The van der Waals surface area contributed by atoms with Crippen LogP contribution in [0, 0.1) is 0 Å². The first-order chi connectivity index (χ1) is 15.2. The van der Waals surface area contributed by atoms with Crippen molar-refractivity contribution in [1.82, 2.24) is 15.1 Å². The Balaban J connectivity index is 1.41. The van der Waals surface area contributed by atoms with Crippen molar-refractivity contribution in [2.45, 2.75) is 25.4 Å². The zero-order valence-corrected chi connectivity index (χ0v) is 16.9. The number of hydrogen-bond acceptors (Lipinski definition) is 6. The molecule has 0 spiro atoms. The van der Waals surface area contributed by atoms with Crippen LogP contribution in [0.15, 0.2) is 59.3 Å². The number of para-hydroxylation sites is 2. The van der Waals surface area contributed by atoms with Gasteiger partial charge in [0.25, 0.3) is 11.8 Å². The molecule has 0 aliphatic carbocycles. The summed E-state index contributed by atoms with van der Waals surface area (Å²) in [5.41, 5.74) is 1.90. The Morgan fingerprint density at radius 2 is 1.74 bits per heavy atom. The smallest absolute Gasteiger partial charge is 0.265 e. The van der Waals surface area contributed by atoms with E-state index in [0.29, 0.717) is 22.9 Å². The Morgan fingerprint density at radius 1 is 0.968 bits per heavy atom. The first-order valence-electron chi connectivity index (χ1n) is 10.4. The number of carbonyl (C=O) groups is 2. The molecule has 1 saturated heterocycles. The van der Waals surface area contributed by atoms with Gasteiger partial charge >= 0.3 is 0 Å². The van der Waals surface area contributed by atoms with Gasteiger partial charge in [0.2, 0.25) is 12.3 Å². The van der Waals surface area contributed by atoms with Crippen LogP contribution in [0.1, 0.15) is 29.6 Å². The lowest BCUT2D eigenvalue weighted by Crippen LogP contribution is -2.52. The molecule has 2 aromatic carbocycles. The van der Waals surface area contributed by atoms with E-state index in [2.05, 4.69) is 10.2 Å². The predicted octanol–water partition coefficient (Wildman–Crippen LogP) is 3.16. The molecule has 2 amide bonds. The van der Waals surface area contributed by atoms with Gasteiger partial charge in [-0.15, -0.1) is 10.2 Å². The van der Waals surface area contributed by atoms with Gasteiger partial charge in [-0.3, -0.25) is 9.59 Å². The maximum atomic E-state index is 13.4. The van der Waals surface area contributed by atoms with Gasteiger partial charge in [0.05, 0.1) is 12.2 Å². The predicted molar refractivity (Wildman–Crippen MR) is 113 cm³/mol. The molecule has 2 aliphatic heterocycles. The number of benzene rings is 2. The molecule has 0 saturated carbocycles. The minimum atomic E-state index is -0.713. The molecule has 0 bridgehead atoms. The molecule has 3 heterocycles. The molecule has 158 valence electrons. The van der Waals surface area contributed by atoms with Gasteiger partial charge < -0.3 is 19.0 Å². The Hall–Kier alpha value is -3.68. The summed E-state index contributed by atoms with van der Waals surface area (Å²) in [6.07, 6.45) is 3.70. The molecule has 1 atom stereocenters. The average Bonchev–Trinajstić information content (AvgIpc) is 3.38. The van der Waals surface area contributed by atoms with Crippen molar-refractivity contribution in [1.29, 1.82) is 0 Å². The molecule has 31 heavy (non-hydrogen) atoms. The lowest BCUT2D eigenvalue weighted by atomic mass is 10.1. The molecule has 0 radical (unpaired) electrons. The van der Waals surface area contributed by atoms with E-state index < -0.39 is 6.10 Å². The number of nitrogens with zero attached hydrogens (tertiary/aromatic N) is 4. The Kier molecular flexibility index (Phi) is 5.11. The van der Waals surface area contributed by atoms with E-state index in [1.54, 1.807) is 35.2 Å². The fourth-order valence-corrected chi connectivity index (χ4v) is 4.08. The summed E-state index contributed by atoms with van der Waals surface area (Å²) in [6, 6.07) is 14.3. The van der Waals surface area contributed by atoms with Gasteiger partial charge in [-0.2, -0.15) is 0 Å². The minimum absolute atomic E-state index is 0.0567. The quantitative estimate of drug-likeness (QED) is 0.649. The van der Waals surface area contributed by atoms with Crippen molar-refractivity contribution >= 4 is 17.5 Å². The van der Waals surface area contributed by atoms with E-state index >= 15 is 0 Å². The van der Waals surface area contributed by atoms with Crippen molar-refractivity contribution in [3.63, 3.8) is 0 Å². The van der Waals surface area contributed by atoms with E-state index in [1.165, 1.54) is 6.39 Å². The highest BCUT2D eigenvalue weighted by atomic mass is 16.5. The van der Waals surface area contributed by atoms with Crippen LogP contribution in [0.25, 0.3) is 11.5 Å². The van der Waals surface area contributed by atoms with E-state index in [9.17, 15) is 9.59 Å². The van der Waals surface area contributed by atoms with Crippen LogP contribution in [-0.4, -0.2) is 52.6 Å². The summed E-state index contributed by atoms with van der Waals surface area (Å²) < 4.78 is 11.2. The lowest BCUT2D eigenvalue weighted by molar-refractivity contribution is -0.139. The number of rotatable bonds is 3. The zero-order chi connectivity index (χ0) is 21.2. The summed E-state index contributed by atoms with van der Waals surface area (Å²) in [6.45, 7) is 1.66. The maximum absolute atomic E-state index is 13.4. The molecule has 3 aromatic rings. The monoisotopic (exact) mass is 418 g/mol. The minimum Gasteiger partial charge on any atom is -0.476 e. The van der Waals surface area contributed by atoms with Gasteiger partial charge in [0, 0.05) is 24.2 Å². The third kappa shape index (κ3) is 3.76. The molecule has 8 heteroatoms. The van der Waals surface area contributed by atoms with Crippen molar-refractivity contribution in [3.8, 4) is 17.2 Å². The molecule has 2 aliphatic rings. The van der Waals surface area contributed by atoms with Crippen LogP contribution in [0.2, 0.25) is 0 Å². The second-order valence-corrected chi connectivity index (χ2v) is 7.70. The topological polar surface area (TPSA) is 88.8 Å². The van der Waals surface area contributed by atoms with Gasteiger partial charge in [0.1, 0.15) is 5.75 Å². The Bertz CT molecular complexity index is 1080. The average molecular weight is 418 g/mol. The number of ether oxygens (including phenoxy) is 1. The molecule has 1 fully saturated rings. The zero-order valence-electron chi connectivity index (χ0n) is 16.9. The second kappa shape index (κ2) is 8.22. The number of amides is 2. The number of hydrogen-bond donors (Lipinski definition) is 0. The molecule has 1 aromatic heterocycles.